The van der Waals surface area contributed by atoms with Gasteiger partial charge in [-0.2, -0.15) is 0 Å². The van der Waals surface area contributed by atoms with Crippen LogP contribution in [0, 0.1) is 0 Å². The Kier molecular flexibility index (Phi) is 3.58. The highest BCUT2D eigenvalue weighted by molar-refractivity contribution is 7.51. The molecule has 1 fully saturated rings. The average molecular weight is 317 g/mol. The van der Waals surface area contributed by atoms with E-state index in [9.17, 15) is 9.67 Å². The molecule has 3 rings (SSSR count). The molecule has 1 saturated heterocycles. The van der Waals surface area contributed by atoms with Gasteiger partial charge in [0.05, 0.1) is 24.7 Å². The highest BCUT2D eigenvalue weighted by Gasteiger charge is 2.45. The molecule has 5 atom stereocenters. The zero-order valence-corrected chi connectivity index (χ0v) is 11.8. The molecule has 0 aromatic carbocycles. The van der Waals surface area contributed by atoms with E-state index in [1.165, 1.54) is 12.7 Å². The number of hydrogen-bond acceptors (Lipinski definition) is 8. The largest absolute Gasteiger partial charge is 0.390 e. The fraction of sp³-hybridized carbons (Fsp3) is 0.700. The van der Waals surface area contributed by atoms with Crippen LogP contribution in [0.25, 0.3) is 0 Å². The smallest absolute Gasteiger partial charge is 0.328 e. The second-order valence-electron chi connectivity index (χ2n) is 5.17. The second-order valence-corrected chi connectivity index (χ2v) is 6.86. The molecular weight excluding hydrogens is 301 g/mol. The summed E-state index contributed by atoms with van der Waals surface area (Å²) in [5.41, 5.74) is 5.74. The predicted octanol–water partition coefficient (Wildman–Crippen LogP) is -1.92. The molecule has 0 aromatic rings. The van der Waals surface area contributed by atoms with Crippen LogP contribution < -0.4 is 5.73 Å². The highest BCUT2D eigenvalue weighted by atomic mass is 31.2. The summed E-state index contributed by atoms with van der Waals surface area (Å²) in [6, 6.07) is -0.392. The van der Waals surface area contributed by atoms with E-state index in [0.29, 0.717) is 5.84 Å². The molecule has 0 amide bonds. The Morgan fingerprint density at radius 1 is 1.48 bits per heavy atom. The minimum atomic E-state index is -4.26. The molecule has 116 valence electrons. The van der Waals surface area contributed by atoms with E-state index >= 15 is 0 Å². The van der Waals surface area contributed by atoms with Crippen LogP contribution in [-0.4, -0.2) is 75.1 Å². The summed E-state index contributed by atoms with van der Waals surface area (Å²) in [6.07, 6.45) is -0.250. The number of ether oxygens (including phenoxy) is 1. The SMILES string of the molecule is NC1=NC=NC2C1N=CN2C1CC(O)C(CP(=O)(O)O)O1. The number of aliphatic imine (C=N–C) groups is 3. The van der Waals surface area contributed by atoms with E-state index in [-0.39, 0.29) is 6.42 Å². The van der Waals surface area contributed by atoms with E-state index < -0.39 is 44.4 Å². The second kappa shape index (κ2) is 5.15. The molecular formula is C10H16N5O5P. The van der Waals surface area contributed by atoms with Gasteiger partial charge in [-0.05, 0) is 0 Å². The van der Waals surface area contributed by atoms with Gasteiger partial charge in [-0.1, -0.05) is 0 Å². The maximum Gasteiger partial charge on any atom is 0.328 e. The number of nitrogens with zero attached hydrogens (tertiary/aromatic N) is 4. The topological polar surface area (TPSA) is 153 Å². The van der Waals surface area contributed by atoms with Crippen molar-refractivity contribution in [3.05, 3.63) is 0 Å². The summed E-state index contributed by atoms with van der Waals surface area (Å²) in [4.78, 5) is 31.9. The van der Waals surface area contributed by atoms with E-state index in [1.807, 2.05) is 0 Å². The van der Waals surface area contributed by atoms with Gasteiger partial charge in [-0.25, -0.2) is 9.98 Å². The van der Waals surface area contributed by atoms with Crippen molar-refractivity contribution in [2.24, 2.45) is 20.7 Å². The lowest BCUT2D eigenvalue weighted by atomic mass is 10.1. The predicted molar refractivity (Wildman–Crippen MR) is 74.2 cm³/mol. The first kappa shape index (κ1) is 14.6. The molecule has 11 heteroatoms. The van der Waals surface area contributed by atoms with Crippen molar-refractivity contribution < 1.29 is 24.2 Å². The third kappa shape index (κ3) is 2.85. The minimum Gasteiger partial charge on any atom is -0.390 e. The number of amidine groups is 1. The Morgan fingerprint density at radius 3 is 2.95 bits per heavy atom. The van der Waals surface area contributed by atoms with Crippen LogP contribution in [0.4, 0.5) is 0 Å². The molecule has 3 aliphatic rings. The number of aliphatic hydroxyl groups is 1. The van der Waals surface area contributed by atoms with E-state index in [0.717, 1.165) is 0 Å². The zero-order valence-electron chi connectivity index (χ0n) is 10.9. The quantitative estimate of drug-likeness (QED) is 0.442. The number of rotatable bonds is 3. The molecule has 0 saturated carbocycles. The third-order valence-corrected chi connectivity index (χ3v) is 4.47. The number of hydrogen-bond donors (Lipinski definition) is 4. The van der Waals surface area contributed by atoms with Gasteiger partial charge in [0.15, 0.2) is 6.17 Å². The van der Waals surface area contributed by atoms with Gasteiger partial charge in [0, 0.05) is 6.42 Å². The molecule has 0 radical (unpaired) electrons. The van der Waals surface area contributed by atoms with Gasteiger partial charge in [0.1, 0.15) is 24.4 Å². The van der Waals surface area contributed by atoms with Crippen molar-refractivity contribution in [1.29, 1.82) is 0 Å². The van der Waals surface area contributed by atoms with Crippen molar-refractivity contribution in [1.82, 2.24) is 4.90 Å². The first-order valence-electron chi connectivity index (χ1n) is 6.39. The Bertz CT molecular complexity index is 560. The molecule has 21 heavy (non-hydrogen) atoms. The summed E-state index contributed by atoms with van der Waals surface area (Å²) >= 11 is 0. The fourth-order valence-electron chi connectivity index (χ4n) is 2.63. The molecule has 3 heterocycles. The Hall–Kier alpha value is -1.32. The molecule has 0 spiro atoms. The van der Waals surface area contributed by atoms with Crippen LogP contribution in [0.1, 0.15) is 6.42 Å². The highest BCUT2D eigenvalue weighted by Crippen LogP contribution is 2.40. The van der Waals surface area contributed by atoms with Crippen molar-refractivity contribution >= 4 is 26.1 Å². The summed E-state index contributed by atoms with van der Waals surface area (Å²) in [7, 11) is -4.26. The lowest BCUT2D eigenvalue weighted by Gasteiger charge is -2.30. The van der Waals surface area contributed by atoms with Crippen LogP contribution in [0.2, 0.25) is 0 Å². The van der Waals surface area contributed by atoms with Gasteiger partial charge in [0.25, 0.3) is 0 Å². The lowest BCUT2D eigenvalue weighted by molar-refractivity contribution is -0.0349. The van der Waals surface area contributed by atoms with Crippen LogP contribution >= 0.6 is 7.60 Å². The Morgan fingerprint density at radius 2 is 2.24 bits per heavy atom. The average Bonchev–Trinajstić information content (AvgIpc) is 2.93. The minimum absolute atomic E-state index is 0.215. The summed E-state index contributed by atoms with van der Waals surface area (Å²) in [6.45, 7) is 0. The maximum atomic E-state index is 11.0. The third-order valence-electron chi connectivity index (χ3n) is 3.63. The summed E-state index contributed by atoms with van der Waals surface area (Å²) in [5, 5.41) is 9.90. The molecule has 10 nitrogen and oxygen atoms in total. The van der Waals surface area contributed by atoms with Crippen molar-refractivity contribution in [2.45, 2.75) is 37.1 Å². The van der Waals surface area contributed by atoms with Gasteiger partial charge in [0.2, 0.25) is 0 Å². The van der Waals surface area contributed by atoms with Crippen LogP contribution in [0.15, 0.2) is 15.0 Å². The van der Waals surface area contributed by atoms with Crippen LogP contribution in [0.5, 0.6) is 0 Å². The monoisotopic (exact) mass is 317 g/mol. The first-order valence-corrected chi connectivity index (χ1v) is 8.18. The summed E-state index contributed by atoms with van der Waals surface area (Å²) in [5.74, 6) is 0.346. The van der Waals surface area contributed by atoms with Crippen LogP contribution in [-0.2, 0) is 9.30 Å². The van der Waals surface area contributed by atoms with Crippen molar-refractivity contribution in [3.8, 4) is 0 Å². The molecule has 0 aromatic heterocycles. The van der Waals surface area contributed by atoms with E-state index in [1.54, 1.807) is 4.90 Å². The lowest BCUT2D eigenvalue weighted by Crippen LogP contribution is -2.47. The van der Waals surface area contributed by atoms with Gasteiger partial charge in [-0.15, -0.1) is 0 Å². The Labute approximate surface area is 120 Å². The summed E-state index contributed by atoms with van der Waals surface area (Å²) < 4.78 is 16.6. The number of aliphatic hydroxyl groups excluding tert-OH is 1. The van der Waals surface area contributed by atoms with Crippen LogP contribution in [0.3, 0.4) is 0 Å². The normalized spacial score (nSPS) is 38.7. The Balaban J connectivity index is 1.70. The molecule has 0 bridgehead atoms. The zero-order chi connectivity index (χ0) is 15.2. The molecule has 3 aliphatic heterocycles. The van der Waals surface area contributed by atoms with Crippen molar-refractivity contribution in [2.75, 3.05) is 6.16 Å². The standard InChI is InChI=1S/C10H16N5O5P/c11-9-8-10(13-3-12-9)15(4-14-8)7-1-5(16)6(20-7)2-21(17,18)19/h3-8,10,16H,1-2H2,(H2,11,12,13)(H2,17,18,19). The maximum absolute atomic E-state index is 11.0. The number of fused-ring (bicyclic) bond motifs is 1. The molecule has 0 aliphatic carbocycles. The van der Waals surface area contributed by atoms with E-state index in [2.05, 4.69) is 15.0 Å². The van der Waals surface area contributed by atoms with Gasteiger partial charge >= 0.3 is 7.60 Å². The molecule has 5 unspecified atom stereocenters. The van der Waals surface area contributed by atoms with Crippen molar-refractivity contribution in [3.63, 3.8) is 0 Å². The fourth-order valence-corrected chi connectivity index (χ4v) is 3.43. The van der Waals surface area contributed by atoms with Gasteiger partial charge in [-0.3, -0.25) is 9.56 Å². The number of nitrogens with two attached hydrogens (primary N) is 1. The molecule has 5 N–H and O–H groups in total. The van der Waals surface area contributed by atoms with E-state index in [4.69, 9.17) is 20.3 Å². The first-order chi connectivity index (χ1) is 9.85. The van der Waals surface area contributed by atoms with Gasteiger partial charge < -0.3 is 30.3 Å².